The number of pyridine rings is 1. The number of carbonyl (C=O) groups excluding carboxylic acids is 1. The van der Waals surface area contributed by atoms with Crippen molar-refractivity contribution in [3.63, 3.8) is 0 Å². The molecule has 6 heteroatoms. The second-order valence-corrected chi connectivity index (χ2v) is 6.98. The Morgan fingerprint density at radius 1 is 1.29 bits per heavy atom. The Morgan fingerprint density at radius 3 is 2.93 bits per heavy atom. The van der Waals surface area contributed by atoms with Crippen LogP contribution in [0.4, 0.5) is 10.1 Å². The van der Waals surface area contributed by atoms with Crippen molar-refractivity contribution in [2.75, 3.05) is 19.0 Å². The predicted octanol–water partition coefficient (Wildman–Crippen LogP) is 4.29. The molecule has 0 saturated carbocycles. The van der Waals surface area contributed by atoms with Crippen LogP contribution in [0, 0.1) is 5.82 Å². The molecule has 0 fully saturated rings. The van der Waals surface area contributed by atoms with Gasteiger partial charge in [0.2, 0.25) is 5.91 Å². The van der Waals surface area contributed by atoms with Gasteiger partial charge >= 0.3 is 0 Å². The first-order chi connectivity index (χ1) is 13.6. The Balaban J connectivity index is 1.74. The summed E-state index contributed by atoms with van der Waals surface area (Å²) in [6, 6.07) is 12.5. The van der Waals surface area contributed by atoms with Crippen LogP contribution in [0.25, 0.3) is 10.9 Å². The third kappa shape index (κ3) is 3.38. The summed E-state index contributed by atoms with van der Waals surface area (Å²) in [4.78, 5) is 18.2. The van der Waals surface area contributed by atoms with Gasteiger partial charge in [0.1, 0.15) is 17.1 Å². The zero-order chi connectivity index (χ0) is 19.7. The summed E-state index contributed by atoms with van der Waals surface area (Å²) in [5.74, 6) is 0.421. The molecule has 0 saturated heterocycles. The Kier molecular flexibility index (Phi) is 4.86. The van der Waals surface area contributed by atoms with Crippen molar-refractivity contribution in [1.82, 2.24) is 9.88 Å². The van der Waals surface area contributed by atoms with E-state index in [0.29, 0.717) is 18.8 Å². The van der Waals surface area contributed by atoms with Crippen molar-refractivity contribution in [3.05, 3.63) is 65.6 Å². The van der Waals surface area contributed by atoms with E-state index in [9.17, 15) is 9.18 Å². The summed E-state index contributed by atoms with van der Waals surface area (Å²) < 4.78 is 19.3. The van der Waals surface area contributed by atoms with Crippen LogP contribution in [0.2, 0.25) is 0 Å². The largest absolute Gasteiger partial charge is 0.494 e. The molecule has 1 N–H and O–H groups in total. The first kappa shape index (κ1) is 18.2. The third-order valence-corrected chi connectivity index (χ3v) is 5.26. The molecule has 1 aliphatic rings. The van der Waals surface area contributed by atoms with Gasteiger partial charge in [0.15, 0.2) is 0 Å². The predicted molar refractivity (Wildman–Crippen MR) is 107 cm³/mol. The number of ether oxygens (including phenoxy) is 1. The molecule has 28 heavy (non-hydrogen) atoms. The highest BCUT2D eigenvalue weighted by atomic mass is 19.1. The zero-order valence-corrected chi connectivity index (χ0v) is 15.9. The number of benzene rings is 2. The molecule has 0 bridgehead atoms. The fraction of sp³-hybridized carbons (Fsp3) is 0.273. The highest BCUT2D eigenvalue weighted by Crippen LogP contribution is 2.34. The number of halogens is 1. The molecule has 4 rings (SSSR count). The summed E-state index contributed by atoms with van der Waals surface area (Å²) in [5, 5.41) is 4.55. The molecule has 2 heterocycles. The fourth-order valence-corrected chi connectivity index (χ4v) is 3.82. The van der Waals surface area contributed by atoms with Crippen molar-refractivity contribution in [2.24, 2.45) is 0 Å². The topological polar surface area (TPSA) is 54.5 Å². The fourth-order valence-electron chi connectivity index (χ4n) is 3.82. The van der Waals surface area contributed by atoms with Crippen molar-refractivity contribution in [2.45, 2.75) is 25.9 Å². The summed E-state index contributed by atoms with van der Waals surface area (Å²) in [7, 11) is 1.63. The summed E-state index contributed by atoms with van der Waals surface area (Å²) in [6.45, 7) is 2.58. The number of aromatic nitrogens is 1. The number of anilines is 1. The van der Waals surface area contributed by atoms with Crippen LogP contribution in [-0.2, 0) is 11.3 Å². The van der Waals surface area contributed by atoms with Gasteiger partial charge in [-0.3, -0.25) is 9.78 Å². The van der Waals surface area contributed by atoms with E-state index in [1.807, 2.05) is 30.3 Å². The highest BCUT2D eigenvalue weighted by Gasteiger charge is 2.24. The van der Waals surface area contributed by atoms with E-state index in [4.69, 9.17) is 4.74 Å². The SMILES string of the molecule is COc1cccc2c(NC3CCN(C(C)=O)Cc4cc(F)ccc43)ccnc12. The molecule has 1 unspecified atom stereocenters. The molecule has 0 spiro atoms. The van der Waals surface area contributed by atoms with Gasteiger partial charge in [0.25, 0.3) is 0 Å². The van der Waals surface area contributed by atoms with Crippen molar-refractivity contribution in [3.8, 4) is 5.75 Å². The first-order valence-corrected chi connectivity index (χ1v) is 9.29. The molecule has 0 aliphatic carbocycles. The van der Waals surface area contributed by atoms with Crippen LogP contribution in [0.5, 0.6) is 5.75 Å². The van der Waals surface area contributed by atoms with Gasteiger partial charge in [-0.1, -0.05) is 18.2 Å². The van der Waals surface area contributed by atoms with Crippen molar-refractivity contribution < 1.29 is 13.9 Å². The van der Waals surface area contributed by atoms with E-state index < -0.39 is 0 Å². The first-order valence-electron chi connectivity index (χ1n) is 9.29. The van der Waals surface area contributed by atoms with Crippen LogP contribution in [0.15, 0.2) is 48.7 Å². The maximum absolute atomic E-state index is 13.9. The van der Waals surface area contributed by atoms with Crippen LogP contribution in [-0.4, -0.2) is 29.4 Å². The van der Waals surface area contributed by atoms with Crippen LogP contribution < -0.4 is 10.1 Å². The lowest BCUT2D eigenvalue weighted by Crippen LogP contribution is -2.28. The average Bonchev–Trinajstić information content (AvgIpc) is 2.87. The molecule has 1 aliphatic heterocycles. The number of fused-ring (bicyclic) bond motifs is 2. The van der Waals surface area contributed by atoms with Gasteiger partial charge in [-0.25, -0.2) is 4.39 Å². The van der Waals surface area contributed by atoms with E-state index in [2.05, 4.69) is 10.3 Å². The van der Waals surface area contributed by atoms with E-state index in [1.165, 1.54) is 12.1 Å². The van der Waals surface area contributed by atoms with Crippen molar-refractivity contribution in [1.29, 1.82) is 0 Å². The second-order valence-electron chi connectivity index (χ2n) is 6.98. The lowest BCUT2D eigenvalue weighted by atomic mass is 9.98. The molecule has 5 nitrogen and oxygen atoms in total. The molecule has 0 radical (unpaired) electrons. The summed E-state index contributed by atoms with van der Waals surface area (Å²) >= 11 is 0. The average molecular weight is 379 g/mol. The number of nitrogens with zero attached hydrogens (tertiary/aromatic N) is 2. The van der Waals surface area contributed by atoms with E-state index in [0.717, 1.165) is 34.1 Å². The number of rotatable bonds is 3. The molecule has 144 valence electrons. The minimum atomic E-state index is -0.290. The number of para-hydroxylation sites is 1. The van der Waals surface area contributed by atoms with Crippen LogP contribution in [0.1, 0.15) is 30.5 Å². The monoisotopic (exact) mass is 379 g/mol. The molecule has 1 atom stereocenters. The quantitative estimate of drug-likeness (QED) is 0.738. The molecule has 1 aromatic heterocycles. The van der Waals surface area contributed by atoms with E-state index in [1.54, 1.807) is 25.1 Å². The molecular weight excluding hydrogens is 357 g/mol. The smallest absolute Gasteiger partial charge is 0.219 e. The minimum Gasteiger partial charge on any atom is -0.494 e. The Bertz CT molecular complexity index is 1040. The minimum absolute atomic E-state index is 0.00467. The summed E-state index contributed by atoms with van der Waals surface area (Å²) in [6.07, 6.45) is 2.48. The number of methoxy groups -OCH3 is 1. The van der Waals surface area contributed by atoms with Crippen LogP contribution >= 0.6 is 0 Å². The molecular formula is C22H22FN3O2. The maximum atomic E-state index is 13.9. The normalized spacial score (nSPS) is 16.4. The maximum Gasteiger partial charge on any atom is 0.219 e. The Labute approximate surface area is 163 Å². The second kappa shape index (κ2) is 7.46. The van der Waals surface area contributed by atoms with Gasteiger partial charge in [-0.05, 0) is 41.8 Å². The lowest BCUT2D eigenvalue weighted by Gasteiger charge is -2.22. The Morgan fingerprint density at radius 2 is 2.14 bits per heavy atom. The third-order valence-electron chi connectivity index (χ3n) is 5.26. The van der Waals surface area contributed by atoms with E-state index >= 15 is 0 Å². The van der Waals surface area contributed by atoms with Gasteiger partial charge in [-0.15, -0.1) is 0 Å². The van der Waals surface area contributed by atoms with Gasteiger partial charge < -0.3 is 15.0 Å². The van der Waals surface area contributed by atoms with Crippen molar-refractivity contribution >= 4 is 22.5 Å². The van der Waals surface area contributed by atoms with Gasteiger partial charge in [-0.2, -0.15) is 0 Å². The summed E-state index contributed by atoms with van der Waals surface area (Å²) in [5.41, 5.74) is 3.56. The molecule has 1 amide bonds. The lowest BCUT2D eigenvalue weighted by molar-refractivity contribution is -0.129. The van der Waals surface area contributed by atoms with E-state index in [-0.39, 0.29) is 17.8 Å². The van der Waals surface area contributed by atoms with Gasteiger partial charge in [0, 0.05) is 37.3 Å². The Hall–Kier alpha value is -3.15. The standard InChI is InChI=1S/C22H22FN3O2/c1-14(27)26-11-9-20(17-7-6-16(23)12-15(17)13-26)25-19-8-10-24-22-18(19)4-3-5-21(22)28-2/h3-8,10,12,20H,9,11,13H2,1-2H3,(H,24,25). The van der Waals surface area contributed by atoms with Gasteiger partial charge in [0.05, 0.1) is 13.2 Å². The molecule has 2 aromatic carbocycles. The number of hydrogen-bond donors (Lipinski definition) is 1. The van der Waals surface area contributed by atoms with Crippen LogP contribution in [0.3, 0.4) is 0 Å². The highest BCUT2D eigenvalue weighted by molar-refractivity contribution is 5.94. The number of nitrogens with one attached hydrogen (secondary N) is 1. The number of hydrogen-bond acceptors (Lipinski definition) is 4. The number of carbonyl (C=O) groups is 1. The zero-order valence-electron chi connectivity index (χ0n) is 15.9. The molecule has 3 aromatic rings. The number of amides is 1.